The molecule has 0 bridgehead atoms. The second kappa shape index (κ2) is 7.52. The van der Waals surface area contributed by atoms with E-state index >= 15 is 0 Å². The number of carbonyl (C=O) groups is 1. The van der Waals surface area contributed by atoms with Gasteiger partial charge in [0, 0.05) is 24.1 Å². The van der Waals surface area contributed by atoms with E-state index in [1.807, 2.05) is 19.1 Å². The van der Waals surface area contributed by atoms with Crippen LogP contribution in [-0.4, -0.2) is 34.5 Å². The number of amides is 1. The molecule has 0 aliphatic carbocycles. The third-order valence-electron chi connectivity index (χ3n) is 3.50. The van der Waals surface area contributed by atoms with Crippen LogP contribution in [0.2, 0.25) is 0 Å². The van der Waals surface area contributed by atoms with Crippen LogP contribution in [-0.2, 0) is 0 Å². The van der Waals surface area contributed by atoms with Gasteiger partial charge in [0.25, 0.3) is 5.91 Å². The van der Waals surface area contributed by atoms with E-state index < -0.39 is 6.61 Å². The molecule has 0 atom stereocenters. The Hall–Kier alpha value is -2.94. The predicted molar refractivity (Wildman–Crippen MR) is 93.7 cm³/mol. The molecule has 0 fully saturated rings. The fraction of sp³-hybridized carbons (Fsp3) is 0.176. The van der Waals surface area contributed by atoms with Gasteiger partial charge in [0.1, 0.15) is 12.0 Å². The van der Waals surface area contributed by atoms with Gasteiger partial charge in [-0.25, -0.2) is 15.0 Å². The predicted octanol–water partition coefficient (Wildman–Crippen LogP) is 3.79. The lowest BCUT2D eigenvalue weighted by Crippen LogP contribution is -2.26. The van der Waals surface area contributed by atoms with Crippen LogP contribution >= 0.6 is 11.3 Å². The second-order valence-electron chi connectivity index (χ2n) is 5.37. The van der Waals surface area contributed by atoms with E-state index in [9.17, 15) is 13.6 Å². The van der Waals surface area contributed by atoms with E-state index in [4.69, 9.17) is 0 Å². The van der Waals surface area contributed by atoms with Gasteiger partial charge in [-0.05, 0) is 19.1 Å². The number of hydrogen-bond acceptors (Lipinski definition) is 6. The summed E-state index contributed by atoms with van der Waals surface area (Å²) in [5, 5.41) is 2.14. The molecule has 0 aliphatic heterocycles. The van der Waals surface area contributed by atoms with Gasteiger partial charge in [-0.3, -0.25) is 9.69 Å². The molecule has 134 valence electrons. The maximum atomic E-state index is 12.5. The molecule has 0 saturated carbocycles. The molecular formula is C17H14F2N4O2S. The zero-order valence-electron chi connectivity index (χ0n) is 13.9. The van der Waals surface area contributed by atoms with Crippen molar-refractivity contribution in [3.63, 3.8) is 0 Å². The summed E-state index contributed by atoms with van der Waals surface area (Å²) >= 11 is 1.24. The van der Waals surface area contributed by atoms with Gasteiger partial charge in [-0.15, -0.1) is 11.3 Å². The van der Waals surface area contributed by atoms with Crippen LogP contribution in [0.5, 0.6) is 5.88 Å². The minimum Gasteiger partial charge on any atom is -0.417 e. The van der Waals surface area contributed by atoms with Gasteiger partial charge in [0.15, 0.2) is 5.13 Å². The highest BCUT2D eigenvalue weighted by Crippen LogP contribution is 2.28. The summed E-state index contributed by atoms with van der Waals surface area (Å²) in [7, 11) is 1.62. The topological polar surface area (TPSA) is 68.2 Å². The normalized spacial score (nSPS) is 10.8. The number of anilines is 1. The molecule has 0 spiro atoms. The molecule has 0 N–H and O–H groups in total. The molecule has 2 aromatic heterocycles. The molecule has 26 heavy (non-hydrogen) atoms. The number of thiazole rings is 1. The summed E-state index contributed by atoms with van der Waals surface area (Å²) in [5.41, 5.74) is 2.38. The summed E-state index contributed by atoms with van der Waals surface area (Å²) in [6, 6.07) is 8.49. The minimum atomic E-state index is -2.97. The number of carbonyl (C=O) groups excluding carboxylic acids is 1. The number of benzene rings is 1. The van der Waals surface area contributed by atoms with Crippen molar-refractivity contribution in [1.29, 1.82) is 0 Å². The van der Waals surface area contributed by atoms with Crippen LogP contribution in [0.4, 0.5) is 13.9 Å². The van der Waals surface area contributed by atoms with Crippen molar-refractivity contribution in [2.45, 2.75) is 13.5 Å². The van der Waals surface area contributed by atoms with E-state index in [0.29, 0.717) is 22.1 Å². The summed E-state index contributed by atoms with van der Waals surface area (Å²) < 4.78 is 28.9. The first kappa shape index (κ1) is 17.9. The molecule has 3 aromatic rings. The zero-order chi connectivity index (χ0) is 18.7. The number of aromatic nitrogens is 3. The molecule has 9 heteroatoms. The van der Waals surface area contributed by atoms with E-state index in [1.165, 1.54) is 22.3 Å². The standard InChI is InChI=1S/C17H14F2N4O2S/c1-10-3-5-11(6-4-10)15(24)23(2)17-22-13(8-26-17)12-7-14(21-9-20-12)25-16(18)19/h3-9,16H,1-2H3. The largest absolute Gasteiger partial charge is 0.417 e. The zero-order valence-corrected chi connectivity index (χ0v) is 14.7. The van der Waals surface area contributed by atoms with Crippen molar-refractivity contribution in [2.75, 3.05) is 11.9 Å². The first-order valence-electron chi connectivity index (χ1n) is 7.51. The average molecular weight is 376 g/mol. The Kier molecular flexibility index (Phi) is 5.17. The molecule has 2 heterocycles. The molecule has 0 aliphatic rings. The van der Waals surface area contributed by atoms with Crippen molar-refractivity contribution < 1.29 is 18.3 Å². The number of hydrogen-bond donors (Lipinski definition) is 0. The Labute approximate surface area is 152 Å². The Bertz CT molecular complexity index is 915. The van der Waals surface area contributed by atoms with E-state index in [0.717, 1.165) is 11.9 Å². The third kappa shape index (κ3) is 3.99. The maximum absolute atomic E-state index is 12.5. The van der Waals surface area contributed by atoms with Gasteiger partial charge in [-0.1, -0.05) is 17.7 Å². The number of halogens is 2. The Morgan fingerprint density at radius 2 is 1.92 bits per heavy atom. The van der Waals surface area contributed by atoms with Crippen LogP contribution in [0, 0.1) is 6.92 Å². The van der Waals surface area contributed by atoms with Crippen molar-refractivity contribution >= 4 is 22.4 Å². The highest BCUT2D eigenvalue weighted by Gasteiger charge is 2.18. The summed E-state index contributed by atoms with van der Waals surface area (Å²) in [6.45, 7) is -1.03. The number of ether oxygens (including phenoxy) is 1. The van der Waals surface area contributed by atoms with Crippen LogP contribution < -0.4 is 9.64 Å². The number of rotatable bonds is 5. The van der Waals surface area contributed by atoms with Crippen molar-refractivity contribution in [3.8, 4) is 17.3 Å². The summed E-state index contributed by atoms with van der Waals surface area (Å²) in [5.74, 6) is -0.445. The van der Waals surface area contributed by atoms with Crippen LogP contribution in [0.25, 0.3) is 11.4 Å². The lowest BCUT2D eigenvalue weighted by atomic mass is 10.1. The van der Waals surface area contributed by atoms with Crippen LogP contribution in [0.1, 0.15) is 15.9 Å². The Morgan fingerprint density at radius 1 is 1.19 bits per heavy atom. The van der Waals surface area contributed by atoms with Gasteiger partial charge < -0.3 is 4.74 Å². The molecule has 0 radical (unpaired) electrons. The second-order valence-corrected chi connectivity index (χ2v) is 6.20. The molecule has 1 aromatic carbocycles. The smallest absolute Gasteiger partial charge is 0.388 e. The number of nitrogens with zero attached hydrogens (tertiary/aromatic N) is 4. The highest BCUT2D eigenvalue weighted by atomic mass is 32.1. The van der Waals surface area contributed by atoms with Gasteiger partial charge in [0.05, 0.1) is 5.69 Å². The van der Waals surface area contributed by atoms with E-state index in [1.54, 1.807) is 24.6 Å². The number of aryl methyl sites for hydroxylation is 1. The monoisotopic (exact) mass is 376 g/mol. The van der Waals surface area contributed by atoms with Crippen molar-refractivity contribution in [3.05, 3.63) is 53.2 Å². The SMILES string of the molecule is Cc1ccc(C(=O)N(C)c2nc(-c3cc(OC(F)F)ncn3)cs2)cc1. The lowest BCUT2D eigenvalue weighted by molar-refractivity contribution is -0.0528. The molecule has 3 rings (SSSR count). The van der Waals surface area contributed by atoms with Crippen LogP contribution in [0.15, 0.2) is 42.0 Å². The highest BCUT2D eigenvalue weighted by molar-refractivity contribution is 7.14. The average Bonchev–Trinajstić information content (AvgIpc) is 3.11. The first-order chi connectivity index (χ1) is 12.4. The molecule has 0 saturated heterocycles. The van der Waals surface area contributed by atoms with Gasteiger partial charge in [0.2, 0.25) is 5.88 Å². The van der Waals surface area contributed by atoms with Gasteiger partial charge in [-0.2, -0.15) is 8.78 Å². The molecule has 0 unspecified atom stereocenters. The Morgan fingerprint density at radius 3 is 2.62 bits per heavy atom. The third-order valence-corrected chi connectivity index (χ3v) is 4.41. The van der Waals surface area contributed by atoms with Gasteiger partial charge >= 0.3 is 6.61 Å². The summed E-state index contributed by atoms with van der Waals surface area (Å²) in [6.07, 6.45) is 1.12. The maximum Gasteiger partial charge on any atom is 0.388 e. The fourth-order valence-corrected chi connectivity index (χ4v) is 2.93. The molecule has 1 amide bonds. The first-order valence-corrected chi connectivity index (χ1v) is 8.39. The molecular weight excluding hydrogens is 362 g/mol. The van der Waals surface area contributed by atoms with Crippen molar-refractivity contribution in [2.24, 2.45) is 0 Å². The fourth-order valence-electron chi connectivity index (χ4n) is 2.15. The van der Waals surface area contributed by atoms with E-state index in [2.05, 4.69) is 19.7 Å². The lowest BCUT2D eigenvalue weighted by Gasteiger charge is -2.13. The van der Waals surface area contributed by atoms with E-state index in [-0.39, 0.29) is 11.8 Å². The Balaban J connectivity index is 1.81. The summed E-state index contributed by atoms with van der Waals surface area (Å²) in [4.78, 5) is 26.0. The quantitative estimate of drug-likeness (QED) is 0.678. The number of alkyl halides is 2. The van der Waals surface area contributed by atoms with Crippen molar-refractivity contribution in [1.82, 2.24) is 15.0 Å². The minimum absolute atomic E-state index is 0.199. The van der Waals surface area contributed by atoms with Crippen LogP contribution in [0.3, 0.4) is 0 Å². The molecule has 6 nitrogen and oxygen atoms in total.